The fourth-order valence-corrected chi connectivity index (χ4v) is 1.71. The second-order valence-corrected chi connectivity index (χ2v) is 4.35. The first-order valence-corrected chi connectivity index (χ1v) is 5.46. The fourth-order valence-electron chi connectivity index (χ4n) is 1.53. The Morgan fingerprint density at radius 2 is 1.94 bits per heavy atom. The highest BCUT2D eigenvalue weighted by Gasteiger charge is 2.10. The van der Waals surface area contributed by atoms with E-state index in [-0.39, 0.29) is 0 Å². The third kappa shape index (κ3) is 1.67. The summed E-state index contributed by atoms with van der Waals surface area (Å²) < 4.78 is 1.72. The molecular weight excluding hydrogens is 222 g/mol. The van der Waals surface area contributed by atoms with Crippen LogP contribution in [0.25, 0.3) is 5.69 Å². The molecule has 1 aromatic heterocycles. The van der Waals surface area contributed by atoms with Crippen LogP contribution in [0.3, 0.4) is 0 Å². The van der Waals surface area contributed by atoms with Gasteiger partial charge in [-0.1, -0.05) is 17.7 Å². The first kappa shape index (κ1) is 11.0. The minimum absolute atomic E-state index is 0.664. The summed E-state index contributed by atoms with van der Waals surface area (Å²) in [5.41, 5.74) is 9.87. The summed E-state index contributed by atoms with van der Waals surface area (Å²) in [4.78, 5) is 0. The van der Waals surface area contributed by atoms with Crippen LogP contribution in [0, 0.1) is 20.8 Å². The van der Waals surface area contributed by atoms with Crippen LogP contribution in [-0.2, 0) is 0 Å². The van der Waals surface area contributed by atoms with E-state index in [1.807, 2.05) is 39.0 Å². The van der Waals surface area contributed by atoms with Crippen molar-refractivity contribution in [2.75, 3.05) is 5.73 Å². The number of aromatic nitrogens is 2. The van der Waals surface area contributed by atoms with Gasteiger partial charge in [0.15, 0.2) is 0 Å². The number of nitrogens with two attached hydrogens (primary N) is 1. The molecule has 0 atom stereocenters. The maximum atomic E-state index is 6.08. The zero-order valence-electron chi connectivity index (χ0n) is 9.58. The standard InChI is InChI=1S/C12H14ClN3/c1-7-4-5-10(6-11(7)13)16-12(14)8(2)9(3)15-16/h4-6H,14H2,1-3H3. The molecule has 3 nitrogen and oxygen atoms in total. The Bertz CT molecular complexity index is 543. The van der Waals surface area contributed by atoms with Crippen LogP contribution >= 0.6 is 11.6 Å². The second kappa shape index (κ2) is 3.83. The van der Waals surface area contributed by atoms with E-state index in [4.69, 9.17) is 17.3 Å². The van der Waals surface area contributed by atoms with Gasteiger partial charge in [-0.3, -0.25) is 0 Å². The van der Waals surface area contributed by atoms with Crippen LogP contribution in [-0.4, -0.2) is 9.78 Å². The number of anilines is 1. The summed E-state index contributed by atoms with van der Waals surface area (Å²) in [6, 6.07) is 5.80. The number of nitrogens with zero attached hydrogens (tertiary/aromatic N) is 2. The quantitative estimate of drug-likeness (QED) is 0.826. The van der Waals surface area contributed by atoms with Gasteiger partial charge < -0.3 is 5.73 Å². The van der Waals surface area contributed by atoms with E-state index in [2.05, 4.69) is 5.10 Å². The summed E-state index contributed by atoms with van der Waals surface area (Å²) in [6.07, 6.45) is 0. The van der Waals surface area contributed by atoms with Crippen LogP contribution < -0.4 is 5.73 Å². The van der Waals surface area contributed by atoms with Crippen molar-refractivity contribution in [1.82, 2.24) is 9.78 Å². The molecule has 1 heterocycles. The monoisotopic (exact) mass is 235 g/mol. The van der Waals surface area contributed by atoms with Gasteiger partial charge in [0.2, 0.25) is 0 Å². The number of aryl methyl sites for hydroxylation is 2. The Morgan fingerprint density at radius 3 is 2.44 bits per heavy atom. The van der Waals surface area contributed by atoms with E-state index < -0.39 is 0 Å². The number of hydrogen-bond donors (Lipinski definition) is 1. The molecule has 0 aliphatic rings. The number of nitrogen functional groups attached to an aromatic ring is 1. The first-order valence-electron chi connectivity index (χ1n) is 5.09. The molecule has 0 aliphatic carbocycles. The number of halogens is 1. The van der Waals surface area contributed by atoms with Gasteiger partial charge in [-0.25, -0.2) is 4.68 Å². The molecule has 2 aromatic rings. The molecule has 0 aliphatic heterocycles. The molecule has 16 heavy (non-hydrogen) atoms. The lowest BCUT2D eigenvalue weighted by atomic mass is 10.2. The Labute approximate surface area is 99.8 Å². The molecule has 84 valence electrons. The fraction of sp³-hybridized carbons (Fsp3) is 0.250. The summed E-state index contributed by atoms with van der Waals surface area (Å²) in [6.45, 7) is 5.87. The van der Waals surface area contributed by atoms with Crippen molar-refractivity contribution in [3.63, 3.8) is 0 Å². The van der Waals surface area contributed by atoms with Crippen LogP contribution in [0.1, 0.15) is 16.8 Å². The van der Waals surface area contributed by atoms with Crippen molar-refractivity contribution in [1.29, 1.82) is 0 Å². The molecule has 0 amide bonds. The summed E-state index contributed by atoms with van der Waals surface area (Å²) in [5.74, 6) is 0.664. The van der Waals surface area contributed by atoms with Gasteiger partial charge in [0.1, 0.15) is 5.82 Å². The van der Waals surface area contributed by atoms with E-state index in [9.17, 15) is 0 Å². The molecule has 0 fully saturated rings. The van der Waals surface area contributed by atoms with E-state index in [1.165, 1.54) is 0 Å². The van der Waals surface area contributed by atoms with Gasteiger partial charge in [0, 0.05) is 10.6 Å². The summed E-state index contributed by atoms with van der Waals surface area (Å²) >= 11 is 6.08. The van der Waals surface area contributed by atoms with Crippen molar-refractivity contribution in [2.24, 2.45) is 0 Å². The molecular formula is C12H14ClN3. The molecule has 0 bridgehead atoms. The van der Waals surface area contributed by atoms with Gasteiger partial charge >= 0.3 is 0 Å². The third-order valence-corrected chi connectivity index (χ3v) is 3.21. The molecule has 4 heteroatoms. The predicted octanol–water partition coefficient (Wildman–Crippen LogP) is 3.03. The minimum Gasteiger partial charge on any atom is -0.383 e. The largest absolute Gasteiger partial charge is 0.383 e. The highest BCUT2D eigenvalue weighted by molar-refractivity contribution is 6.31. The maximum Gasteiger partial charge on any atom is 0.130 e. The first-order chi connectivity index (χ1) is 7.50. The lowest BCUT2D eigenvalue weighted by Crippen LogP contribution is -2.02. The average molecular weight is 236 g/mol. The van der Waals surface area contributed by atoms with Crippen LogP contribution in [0.5, 0.6) is 0 Å². The highest BCUT2D eigenvalue weighted by Crippen LogP contribution is 2.23. The number of rotatable bonds is 1. The van der Waals surface area contributed by atoms with Crippen molar-refractivity contribution in [3.8, 4) is 5.69 Å². The van der Waals surface area contributed by atoms with E-state index in [0.29, 0.717) is 5.82 Å². The lowest BCUT2D eigenvalue weighted by Gasteiger charge is -2.06. The smallest absolute Gasteiger partial charge is 0.130 e. The zero-order valence-corrected chi connectivity index (χ0v) is 10.3. The Balaban J connectivity index is 2.59. The molecule has 1 aromatic carbocycles. The number of benzene rings is 1. The van der Waals surface area contributed by atoms with Crippen molar-refractivity contribution in [2.45, 2.75) is 20.8 Å². The van der Waals surface area contributed by atoms with Crippen LogP contribution in [0.4, 0.5) is 5.82 Å². The topological polar surface area (TPSA) is 43.8 Å². The van der Waals surface area contributed by atoms with Crippen LogP contribution in [0.15, 0.2) is 18.2 Å². The Morgan fingerprint density at radius 1 is 1.25 bits per heavy atom. The van der Waals surface area contributed by atoms with Gasteiger partial charge in [-0.2, -0.15) is 5.10 Å². The van der Waals surface area contributed by atoms with Gasteiger partial charge in [-0.15, -0.1) is 0 Å². The normalized spacial score (nSPS) is 10.8. The third-order valence-electron chi connectivity index (χ3n) is 2.81. The minimum atomic E-state index is 0.664. The molecule has 2 rings (SSSR count). The lowest BCUT2D eigenvalue weighted by molar-refractivity contribution is 0.871. The van der Waals surface area contributed by atoms with Gasteiger partial charge in [0.25, 0.3) is 0 Å². The van der Waals surface area contributed by atoms with Crippen molar-refractivity contribution < 1.29 is 0 Å². The molecule has 0 radical (unpaired) electrons. The summed E-state index contributed by atoms with van der Waals surface area (Å²) in [7, 11) is 0. The molecule has 0 saturated heterocycles. The highest BCUT2D eigenvalue weighted by atomic mass is 35.5. The maximum absolute atomic E-state index is 6.08. The SMILES string of the molecule is Cc1ccc(-n2nc(C)c(C)c2N)cc1Cl. The molecule has 0 saturated carbocycles. The van der Waals surface area contributed by atoms with Crippen molar-refractivity contribution >= 4 is 17.4 Å². The van der Waals surface area contributed by atoms with Gasteiger partial charge in [-0.05, 0) is 38.5 Å². The zero-order chi connectivity index (χ0) is 11.9. The Kier molecular flexibility index (Phi) is 2.64. The average Bonchev–Trinajstić information content (AvgIpc) is 2.50. The molecule has 0 unspecified atom stereocenters. The Hall–Kier alpha value is -1.48. The molecule has 2 N–H and O–H groups in total. The second-order valence-electron chi connectivity index (χ2n) is 3.94. The van der Waals surface area contributed by atoms with Crippen molar-refractivity contribution in [3.05, 3.63) is 40.0 Å². The molecule has 0 spiro atoms. The predicted molar refractivity (Wildman–Crippen MR) is 67.2 cm³/mol. The number of hydrogen-bond acceptors (Lipinski definition) is 2. The van der Waals surface area contributed by atoms with E-state index in [0.717, 1.165) is 27.5 Å². The van der Waals surface area contributed by atoms with E-state index >= 15 is 0 Å². The van der Waals surface area contributed by atoms with Gasteiger partial charge in [0.05, 0.1) is 11.4 Å². The van der Waals surface area contributed by atoms with E-state index in [1.54, 1.807) is 4.68 Å². The van der Waals surface area contributed by atoms with Crippen LogP contribution in [0.2, 0.25) is 5.02 Å². The summed E-state index contributed by atoms with van der Waals surface area (Å²) in [5, 5.41) is 5.11.